The third-order valence-electron chi connectivity index (χ3n) is 4.20. The van der Waals surface area contributed by atoms with Crippen LogP contribution in [0, 0.1) is 0 Å². The molecule has 1 saturated carbocycles. The third kappa shape index (κ3) is 4.35. The maximum Gasteiger partial charge on any atom is 0.241 e. The van der Waals surface area contributed by atoms with E-state index in [9.17, 15) is 4.79 Å². The molecule has 1 fully saturated rings. The van der Waals surface area contributed by atoms with E-state index in [-0.39, 0.29) is 12.5 Å². The Kier molecular flexibility index (Phi) is 5.48. The highest BCUT2D eigenvalue weighted by Gasteiger charge is 2.17. The van der Waals surface area contributed by atoms with Crippen molar-refractivity contribution >= 4 is 5.91 Å². The molecule has 3 rings (SSSR count). The molecule has 2 aromatic rings. The lowest BCUT2D eigenvalue weighted by atomic mass is 10.1. The van der Waals surface area contributed by atoms with Gasteiger partial charge in [0.1, 0.15) is 18.9 Å². The number of carbonyl (C=O) groups excluding carboxylic acids is 1. The smallest absolute Gasteiger partial charge is 0.241 e. The lowest BCUT2D eigenvalue weighted by Gasteiger charge is -2.11. The SMILES string of the molecule is NCCOc1ccc(-c2ccn(CC(=O)NC3CCCC3)n2)cc1. The van der Waals surface area contributed by atoms with Gasteiger partial charge in [-0.05, 0) is 43.2 Å². The average Bonchev–Trinajstić information content (AvgIpc) is 3.25. The summed E-state index contributed by atoms with van der Waals surface area (Å²) in [5.41, 5.74) is 7.25. The number of hydrogen-bond donors (Lipinski definition) is 2. The van der Waals surface area contributed by atoms with E-state index in [1.54, 1.807) is 4.68 Å². The van der Waals surface area contributed by atoms with Gasteiger partial charge in [-0.3, -0.25) is 9.48 Å². The summed E-state index contributed by atoms with van der Waals surface area (Å²) in [7, 11) is 0. The lowest BCUT2D eigenvalue weighted by molar-refractivity contribution is -0.122. The van der Waals surface area contributed by atoms with E-state index < -0.39 is 0 Å². The van der Waals surface area contributed by atoms with Gasteiger partial charge in [0.15, 0.2) is 0 Å². The van der Waals surface area contributed by atoms with E-state index in [2.05, 4.69) is 10.4 Å². The molecule has 6 heteroatoms. The minimum Gasteiger partial charge on any atom is -0.492 e. The molecule has 0 unspecified atom stereocenters. The van der Waals surface area contributed by atoms with Crippen molar-refractivity contribution < 1.29 is 9.53 Å². The predicted octanol–water partition coefficient (Wildman–Crippen LogP) is 1.95. The van der Waals surface area contributed by atoms with Crippen molar-refractivity contribution in [3.8, 4) is 17.0 Å². The van der Waals surface area contributed by atoms with Crippen LogP contribution >= 0.6 is 0 Å². The van der Waals surface area contributed by atoms with Gasteiger partial charge < -0.3 is 15.8 Å². The van der Waals surface area contributed by atoms with Crippen molar-refractivity contribution in [3.05, 3.63) is 36.5 Å². The number of hydrogen-bond acceptors (Lipinski definition) is 4. The van der Waals surface area contributed by atoms with E-state index in [1.807, 2.05) is 36.5 Å². The topological polar surface area (TPSA) is 82.2 Å². The molecule has 1 aromatic heterocycles. The largest absolute Gasteiger partial charge is 0.492 e. The van der Waals surface area contributed by atoms with Gasteiger partial charge in [0.05, 0.1) is 5.69 Å². The fourth-order valence-corrected chi connectivity index (χ4v) is 2.99. The molecule has 0 atom stereocenters. The monoisotopic (exact) mass is 328 g/mol. The van der Waals surface area contributed by atoms with Gasteiger partial charge in [-0.25, -0.2) is 0 Å². The van der Waals surface area contributed by atoms with E-state index in [0.717, 1.165) is 29.8 Å². The number of aromatic nitrogens is 2. The van der Waals surface area contributed by atoms with Crippen molar-refractivity contribution in [2.24, 2.45) is 5.73 Å². The number of benzene rings is 1. The van der Waals surface area contributed by atoms with E-state index in [1.165, 1.54) is 12.8 Å². The number of carbonyl (C=O) groups is 1. The quantitative estimate of drug-likeness (QED) is 0.814. The summed E-state index contributed by atoms with van der Waals surface area (Å²) in [5, 5.41) is 7.56. The van der Waals surface area contributed by atoms with Crippen molar-refractivity contribution in [3.63, 3.8) is 0 Å². The summed E-state index contributed by atoms with van der Waals surface area (Å²) in [5.74, 6) is 0.821. The number of nitrogens with two attached hydrogens (primary N) is 1. The second kappa shape index (κ2) is 7.97. The van der Waals surface area contributed by atoms with Crippen LogP contribution < -0.4 is 15.8 Å². The van der Waals surface area contributed by atoms with Gasteiger partial charge >= 0.3 is 0 Å². The van der Waals surface area contributed by atoms with E-state index in [0.29, 0.717) is 19.2 Å². The first-order valence-electron chi connectivity index (χ1n) is 8.51. The summed E-state index contributed by atoms with van der Waals surface area (Å²) < 4.78 is 7.14. The van der Waals surface area contributed by atoms with Crippen LogP contribution in [0.5, 0.6) is 5.75 Å². The molecular formula is C18H24N4O2. The molecule has 1 aliphatic carbocycles. The van der Waals surface area contributed by atoms with Gasteiger partial charge in [0.25, 0.3) is 0 Å². The Bertz CT molecular complexity index is 660. The van der Waals surface area contributed by atoms with Crippen molar-refractivity contribution in [1.29, 1.82) is 0 Å². The van der Waals surface area contributed by atoms with Crippen LogP contribution in [-0.4, -0.2) is 34.9 Å². The fourth-order valence-electron chi connectivity index (χ4n) is 2.99. The zero-order valence-corrected chi connectivity index (χ0v) is 13.8. The van der Waals surface area contributed by atoms with E-state index >= 15 is 0 Å². The van der Waals surface area contributed by atoms with Gasteiger partial charge in [0.2, 0.25) is 5.91 Å². The molecule has 0 spiro atoms. The summed E-state index contributed by atoms with van der Waals surface area (Å²) in [4.78, 5) is 12.1. The fraction of sp³-hybridized carbons (Fsp3) is 0.444. The molecule has 1 aromatic carbocycles. The highest BCUT2D eigenvalue weighted by atomic mass is 16.5. The van der Waals surface area contributed by atoms with Gasteiger partial charge in [-0.2, -0.15) is 5.10 Å². The maximum absolute atomic E-state index is 12.1. The number of nitrogens with one attached hydrogen (secondary N) is 1. The molecule has 3 N–H and O–H groups in total. The summed E-state index contributed by atoms with van der Waals surface area (Å²) in [6.45, 7) is 1.26. The molecule has 6 nitrogen and oxygen atoms in total. The van der Waals surface area contributed by atoms with Crippen LogP contribution in [0.3, 0.4) is 0 Å². The third-order valence-corrected chi connectivity index (χ3v) is 4.20. The molecule has 1 heterocycles. The summed E-state index contributed by atoms with van der Waals surface area (Å²) in [6.07, 6.45) is 6.44. The van der Waals surface area contributed by atoms with Crippen molar-refractivity contribution in [2.75, 3.05) is 13.2 Å². The van der Waals surface area contributed by atoms with Crippen molar-refractivity contribution in [2.45, 2.75) is 38.3 Å². The van der Waals surface area contributed by atoms with Crippen LogP contribution in [0.15, 0.2) is 36.5 Å². The predicted molar refractivity (Wildman–Crippen MR) is 92.6 cm³/mol. The van der Waals surface area contributed by atoms with Crippen LogP contribution in [-0.2, 0) is 11.3 Å². The molecule has 0 bridgehead atoms. The Hall–Kier alpha value is -2.34. The number of amides is 1. The van der Waals surface area contributed by atoms with Crippen LogP contribution in [0.4, 0.5) is 0 Å². The molecule has 0 radical (unpaired) electrons. The highest BCUT2D eigenvalue weighted by molar-refractivity contribution is 5.76. The molecule has 1 aliphatic rings. The zero-order chi connectivity index (χ0) is 16.8. The summed E-state index contributed by atoms with van der Waals surface area (Å²) >= 11 is 0. The first-order valence-corrected chi connectivity index (χ1v) is 8.51. The minimum absolute atomic E-state index is 0.0297. The number of rotatable bonds is 7. The Morgan fingerprint density at radius 3 is 2.71 bits per heavy atom. The maximum atomic E-state index is 12.1. The van der Waals surface area contributed by atoms with Gasteiger partial charge in [0, 0.05) is 24.3 Å². The highest BCUT2D eigenvalue weighted by Crippen LogP contribution is 2.21. The Labute approximate surface area is 142 Å². The van der Waals surface area contributed by atoms with Gasteiger partial charge in [-0.15, -0.1) is 0 Å². The van der Waals surface area contributed by atoms with E-state index in [4.69, 9.17) is 10.5 Å². The molecule has 0 aliphatic heterocycles. The lowest BCUT2D eigenvalue weighted by Crippen LogP contribution is -2.35. The van der Waals surface area contributed by atoms with Crippen LogP contribution in [0.2, 0.25) is 0 Å². The summed E-state index contributed by atoms with van der Waals surface area (Å²) in [6, 6.07) is 9.97. The second-order valence-corrected chi connectivity index (χ2v) is 6.11. The Morgan fingerprint density at radius 1 is 1.25 bits per heavy atom. The second-order valence-electron chi connectivity index (χ2n) is 6.11. The normalized spacial score (nSPS) is 14.7. The molecule has 128 valence electrons. The molecule has 0 saturated heterocycles. The minimum atomic E-state index is 0.0297. The molecule has 1 amide bonds. The number of nitrogens with zero attached hydrogens (tertiary/aromatic N) is 2. The molecular weight excluding hydrogens is 304 g/mol. The van der Waals surface area contributed by atoms with Crippen molar-refractivity contribution in [1.82, 2.24) is 15.1 Å². The van der Waals surface area contributed by atoms with Gasteiger partial charge in [-0.1, -0.05) is 12.8 Å². The standard InChI is InChI=1S/C18H24N4O2/c19-10-12-24-16-7-5-14(6-8-16)17-9-11-22(21-17)13-18(23)20-15-3-1-2-4-15/h5-9,11,15H,1-4,10,12-13,19H2,(H,20,23). The first kappa shape index (κ1) is 16.5. The first-order chi connectivity index (χ1) is 11.7. The average molecular weight is 328 g/mol. The Balaban J connectivity index is 1.57. The number of ether oxygens (including phenoxy) is 1. The Morgan fingerprint density at radius 2 is 2.00 bits per heavy atom. The van der Waals surface area contributed by atoms with Crippen LogP contribution in [0.25, 0.3) is 11.3 Å². The zero-order valence-electron chi connectivity index (χ0n) is 13.8. The molecule has 24 heavy (non-hydrogen) atoms. The van der Waals surface area contributed by atoms with Crippen LogP contribution in [0.1, 0.15) is 25.7 Å².